The molecule has 11 heteroatoms. The van der Waals surface area contributed by atoms with Gasteiger partial charge in [-0.1, -0.05) is 12.1 Å². The molecule has 4 aromatic rings. The average molecular weight is 481 g/mol. The molecule has 0 aliphatic rings. The fraction of sp³-hybridized carbons (Fsp3) is 0.174. The van der Waals surface area contributed by atoms with E-state index in [0.717, 1.165) is 11.3 Å². The highest BCUT2D eigenvalue weighted by Crippen LogP contribution is 2.33. The Labute approximate surface area is 197 Å². The number of aromatic nitrogens is 2. The summed E-state index contributed by atoms with van der Waals surface area (Å²) in [6.45, 7) is 3.46. The molecule has 0 saturated carbocycles. The predicted octanol–water partition coefficient (Wildman–Crippen LogP) is 3.96. The molecule has 34 heavy (non-hydrogen) atoms. The minimum absolute atomic E-state index is 0.105. The summed E-state index contributed by atoms with van der Waals surface area (Å²) in [5, 5.41) is 3.19. The third-order valence-corrected chi connectivity index (χ3v) is 5.96. The first-order chi connectivity index (χ1) is 16.4. The topological polar surface area (TPSA) is 147 Å². The summed E-state index contributed by atoms with van der Waals surface area (Å²) >= 11 is 1.14. The number of hydrogen-bond acceptors (Lipinski definition) is 10. The van der Waals surface area contributed by atoms with Gasteiger partial charge in [0.1, 0.15) is 15.5 Å². The normalized spacial score (nSPS) is 10.8. The second-order valence-electron chi connectivity index (χ2n) is 7.04. The predicted molar refractivity (Wildman–Crippen MR) is 125 cm³/mol. The van der Waals surface area contributed by atoms with E-state index in [4.69, 9.17) is 19.6 Å². The third kappa shape index (κ3) is 4.59. The molecule has 0 atom stereocenters. The number of nitrogens with one attached hydrogen (secondary N) is 1. The van der Waals surface area contributed by atoms with Crippen molar-refractivity contribution < 1.29 is 28.3 Å². The summed E-state index contributed by atoms with van der Waals surface area (Å²) in [6, 6.07) is 9.50. The molecule has 0 radical (unpaired) electrons. The first kappa shape index (κ1) is 22.9. The number of furan rings is 1. The molecule has 1 amide bonds. The van der Waals surface area contributed by atoms with E-state index < -0.39 is 17.8 Å². The number of para-hydroxylation sites is 1. The van der Waals surface area contributed by atoms with E-state index in [1.54, 1.807) is 38.1 Å². The van der Waals surface area contributed by atoms with Crippen LogP contribution in [-0.4, -0.2) is 34.4 Å². The van der Waals surface area contributed by atoms with Gasteiger partial charge in [-0.05, 0) is 43.7 Å². The second-order valence-corrected chi connectivity index (χ2v) is 8.03. The van der Waals surface area contributed by atoms with Gasteiger partial charge in [-0.3, -0.25) is 4.79 Å². The van der Waals surface area contributed by atoms with Gasteiger partial charge in [0.2, 0.25) is 0 Å². The van der Waals surface area contributed by atoms with Crippen molar-refractivity contribution in [2.75, 3.05) is 17.7 Å². The van der Waals surface area contributed by atoms with E-state index in [2.05, 4.69) is 15.3 Å². The Balaban J connectivity index is 1.52. The van der Waals surface area contributed by atoms with Crippen molar-refractivity contribution >= 4 is 50.9 Å². The van der Waals surface area contributed by atoms with Gasteiger partial charge in [0.05, 0.1) is 29.5 Å². The molecular formula is C23H20N4O6S. The summed E-state index contributed by atoms with van der Waals surface area (Å²) in [5.74, 6) is -1.19. The van der Waals surface area contributed by atoms with Crippen LogP contribution in [-0.2, 0) is 16.1 Å². The van der Waals surface area contributed by atoms with Crippen LogP contribution in [0.15, 0.2) is 47.1 Å². The van der Waals surface area contributed by atoms with Crippen LogP contribution in [0.25, 0.3) is 10.2 Å². The van der Waals surface area contributed by atoms with Crippen molar-refractivity contribution in [2.45, 2.75) is 20.5 Å². The van der Waals surface area contributed by atoms with E-state index in [0.29, 0.717) is 20.7 Å². The fourth-order valence-electron chi connectivity index (χ4n) is 3.24. The van der Waals surface area contributed by atoms with Crippen LogP contribution in [0.3, 0.4) is 0 Å². The Bertz CT molecular complexity index is 1380. The minimum atomic E-state index is -0.688. The van der Waals surface area contributed by atoms with Gasteiger partial charge in [0.25, 0.3) is 5.91 Å². The Morgan fingerprint density at radius 2 is 1.88 bits per heavy atom. The molecule has 0 saturated heterocycles. The van der Waals surface area contributed by atoms with E-state index in [9.17, 15) is 14.4 Å². The molecule has 0 fully saturated rings. The molecule has 10 nitrogen and oxygen atoms in total. The van der Waals surface area contributed by atoms with Gasteiger partial charge in [-0.2, -0.15) is 0 Å². The lowest BCUT2D eigenvalue weighted by Crippen LogP contribution is -2.15. The SMILES string of the molecule is CCOC(=O)c1sc2nc(COC(=O)c3ccccc3NC(=O)c3ccco3)nc(N)c2c1C. The van der Waals surface area contributed by atoms with Crippen molar-refractivity contribution in [3.05, 3.63) is 70.3 Å². The fourth-order valence-corrected chi connectivity index (χ4v) is 4.34. The number of benzene rings is 1. The van der Waals surface area contributed by atoms with Crippen molar-refractivity contribution in [1.29, 1.82) is 0 Å². The monoisotopic (exact) mass is 480 g/mol. The number of nitrogen functional groups attached to an aromatic ring is 1. The smallest absolute Gasteiger partial charge is 0.348 e. The molecule has 0 bridgehead atoms. The average Bonchev–Trinajstić information content (AvgIpc) is 3.47. The number of thiophene rings is 1. The molecule has 0 aliphatic carbocycles. The summed E-state index contributed by atoms with van der Waals surface area (Å²) < 4.78 is 15.5. The lowest BCUT2D eigenvalue weighted by atomic mass is 10.1. The highest BCUT2D eigenvalue weighted by Gasteiger charge is 2.21. The van der Waals surface area contributed by atoms with E-state index >= 15 is 0 Å². The molecule has 3 aromatic heterocycles. The first-order valence-electron chi connectivity index (χ1n) is 10.2. The van der Waals surface area contributed by atoms with Gasteiger partial charge >= 0.3 is 11.9 Å². The number of hydrogen-bond donors (Lipinski definition) is 2. The van der Waals surface area contributed by atoms with E-state index in [1.807, 2.05) is 0 Å². The van der Waals surface area contributed by atoms with Crippen molar-refractivity contribution in [3.63, 3.8) is 0 Å². The van der Waals surface area contributed by atoms with Crippen LogP contribution in [0.4, 0.5) is 11.5 Å². The zero-order chi connectivity index (χ0) is 24.2. The van der Waals surface area contributed by atoms with Crippen LogP contribution in [0, 0.1) is 6.92 Å². The number of fused-ring (bicyclic) bond motifs is 1. The van der Waals surface area contributed by atoms with E-state index in [-0.39, 0.29) is 41.9 Å². The summed E-state index contributed by atoms with van der Waals surface area (Å²) in [7, 11) is 0. The number of amides is 1. The van der Waals surface area contributed by atoms with Crippen molar-refractivity contribution in [2.24, 2.45) is 0 Å². The van der Waals surface area contributed by atoms with Crippen LogP contribution < -0.4 is 11.1 Å². The van der Waals surface area contributed by atoms with E-state index in [1.165, 1.54) is 18.4 Å². The summed E-state index contributed by atoms with van der Waals surface area (Å²) in [6.07, 6.45) is 1.38. The number of aryl methyl sites for hydroxylation is 1. The maximum absolute atomic E-state index is 12.7. The zero-order valence-corrected chi connectivity index (χ0v) is 19.1. The van der Waals surface area contributed by atoms with Crippen molar-refractivity contribution in [3.8, 4) is 0 Å². The second kappa shape index (κ2) is 9.71. The molecule has 1 aromatic carbocycles. The highest BCUT2D eigenvalue weighted by molar-refractivity contribution is 7.20. The number of anilines is 2. The lowest BCUT2D eigenvalue weighted by molar-refractivity contribution is 0.0463. The van der Waals surface area contributed by atoms with Gasteiger partial charge in [0.15, 0.2) is 18.2 Å². The van der Waals surface area contributed by atoms with Crippen LogP contribution in [0.5, 0.6) is 0 Å². The molecule has 174 valence electrons. The highest BCUT2D eigenvalue weighted by atomic mass is 32.1. The van der Waals surface area contributed by atoms with Gasteiger partial charge in [-0.25, -0.2) is 19.6 Å². The summed E-state index contributed by atoms with van der Waals surface area (Å²) in [5.41, 5.74) is 7.14. The maximum atomic E-state index is 12.7. The van der Waals surface area contributed by atoms with Crippen molar-refractivity contribution in [1.82, 2.24) is 9.97 Å². The largest absolute Gasteiger partial charge is 0.462 e. The number of esters is 2. The van der Waals surface area contributed by atoms with Gasteiger partial charge in [-0.15, -0.1) is 11.3 Å². The molecule has 0 aliphatic heterocycles. The Morgan fingerprint density at radius 3 is 2.62 bits per heavy atom. The number of carbonyl (C=O) groups is 3. The Hall–Kier alpha value is -4.25. The maximum Gasteiger partial charge on any atom is 0.348 e. The Morgan fingerprint density at radius 1 is 1.09 bits per heavy atom. The van der Waals surface area contributed by atoms with Crippen LogP contribution in [0.1, 0.15) is 48.9 Å². The number of ether oxygens (including phenoxy) is 2. The number of nitrogens with two attached hydrogens (primary N) is 1. The van der Waals surface area contributed by atoms with Crippen LogP contribution in [0.2, 0.25) is 0 Å². The quantitative estimate of drug-likeness (QED) is 0.375. The molecule has 0 unspecified atom stereocenters. The van der Waals surface area contributed by atoms with Gasteiger partial charge < -0.3 is 24.9 Å². The van der Waals surface area contributed by atoms with Gasteiger partial charge in [0, 0.05) is 0 Å². The number of carbonyl (C=O) groups excluding carboxylic acids is 3. The number of rotatable bonds is 7. The molecule has 3 N–H and O–H groups in total. The molecule has 0 spiro atoms. The van der Waals surface area contributed by atoms with Crippen LogP contribution >= 0.6 is 11.3 Å². The standard InChI is InChI=1S/C23H20N4O6S/c1-3-31-23(30)18-12(2)17-19(24)26-16(27-21(17)34-18)11-33-22(29)13-7-4-5-8-14(13)25-20(28)15-9-6-10-32-15/h4-10H,3,11H2,1-2H3,(H,25,28)(H2,24,26,27). The zero-order valence-electron chi connectivity index (χ0n) is 18.3. The molecule has 3 heterocycles. The molecule has 4 rings (SSSR count). The first-order valence-corrected chi connectivity index (χ1v) is 11.0. The third-order valence-electron chi connectivity index (χ3n) is 4.80. The lowest BCUT2D eigenvalue weighted by Gasteiger charge is -2.10. The number of nitrogens with zero attached hydrogens (tertiary/aromatic N) is 2. The summed E-state index contributed by atoms with van der Waals surface area (Å²) in [4.78, 5) is 46.7. The minimum Gasteiger partial charge on any atom is -0.462 e. The Kier molecular flexibility index (Phi) is 6.55. The molecular weight excluding hydrogens is 460 g/mol.